The first-order chi connectivity index (χ1) is 15.2. The van der Waals surface area contributed by atoms with Crippen LogP contribution in [0, 0.1) is 5.82 Å². The van der Waals surface area contributed by atoms with Gasteiger partial charge < -0.3 is 24.4 Å². The third kappa shape index (κ3) is 6.89. The highest BCUT2D eigenvalue weighted by Crippen LogP contribution is 2.35. The second kappa shape index (κ2) is 12.4. The van der Waals surface area contributed by atoms with Gasteiger partial charge in [-0.15, -0.1) is 0 Å². The largest absolute Gasteiger partial charge is 0.385 e. The van der Waals surface area contributed by atoms with E-state index in [9.17, 15) is 4.39 Å². The molecule has 6 nitrogen and oxygen atoms in total. The normalized spacial score (nSPS) is 20.1. The minimum atomic E-state index is -0.188. The van der Waals surface area contributed by atoms with Crippen LogP contribution in [0.2, 0.25) is 0 Å². The Hall–Kier alpha value is -1.70. The van der Waals surface area contributed by atoms with Gasteiger partial charge >= 0.3 is 0 Å². The molecule has 0 bridgehead atoms. The summed E-state index contributed by atoms with van der Waals surface area (Å²) in [7, 11) is 1.72. The summed E-state index contributed by atoms with van der Waals surface area (Å²) >= 11 is 0. The third-order valence-corrected chi connectivity index (χ3v) is 6.34. The molecule has 0 amide bonds. The van der Waals surface area contributed by atoms with Crippen molar-refractivity contribution in [1.29, 1.82) is 0 Å². The maximum absolute atomic E-state index is 14.0. The molecule has 0 radical (unpaired) electrons. The van der Waals surface area contributed by atoms with Gasteiger partial charge in [-0.2, -0.15) is 0 Å². The van der Waals surface area contributed by atoms with Crippen LogP contribution in [0.25, 0.3) is 0 Å². The van der Waals surface area contributed by atoms with Gasteiger partial charge in [0.1, 0.15) is 5.82 Å². The first-order valence-electron chi connectivity index (χ1n) is 11.6. The quantitative estimate of drug-likeness (QED) is 0.366. The molecular formula is C24H38FN3O3. The van der Waals surface area contributed by atoms with Crippen LogP contribution < -0.4 is 5.32 Å². The summed E-state index contributed by atoms with van der Waals surface area (Å²) in [5.41, 5.74) is 0.850. The highest BCUT2D eigenvalue weighted by atomic mass is 19.1. The summed E-state index contributed by atoms with van der Waals surface area (Å²) in [5.74, 6) is 0.759. The maximum Gasteiger partial charge on any atom is 0.193 e. The molecule has 0 aliphatic carbocycles. The number of hydrogen-bond acceptors (Lipinski definition) is 4. The van der Waals surface area contributed by atoms with Gasteiger partial charge in [-0.1, -0.05) is 12.1 Å². The molecule has 174 valence electrons. The summed E-state index contributed by atoms with van der Waals surface area (Å²) in [6.07, 6.45) is 4.96. The van der Waals surface area contributed by atoms with Crippen molar-refractivity contribution < 1.29 is 18.6 Å². The zero-order valence-electron chi connectivity index (χ0n) is 19.1. The fourth-order valence-electron chi connectivity index (χ4n) is 4.46. The molecule has 0 aromatic heterocycles. The number of benzene rings is 1. The SMILES string of the molecule is CCNC(=NCC1(c2cccc(F)c2)CCOCC1)N1CCC(OCCCOC)CC1. The molecular weight excluding hydrogens is 397 g/mol. The number of guanidine groups is 1. The van der Waals surface area contributed by atoms with E-state index in [4.69, 9.17) is 19.2 Å². The lowest BCUT2D eigenvalue weighted by Crippen LogP contribution is -2.48. The van der Waals surface area contributed by atoms with Crippen LogP contribution in [0.5, 0.6) is 0 Å². The second-order valence-corrected chi connectivity index (χ2v) is 8.48. The zero-order valence-corrected chi connectivity index (χ0v) is 19.1. The van der Waals surface area contributed by atoms with Crippen molar-refractivity contribution >= 4 is 5.96 Å². The first-order valence-corrected chi connectivity index (χ1v) is 11.6. The molecule has 0 saturated carbocycles. The molecule has 7 heteroatoms. The van der Waals surface area contributed by atoms with E-state index in [0.29, 0.717) is 25.9 Å². The number of nitrogens with zero attached hydrogens (tertiary/aromatic N) is 2. The molecule has 1 N–H and O–H groups in total. The molecule has 1 aromatic rings. The van der Waals surface area contributed by atoms with Gasteiger partial charge in [-0.25, -0.2) is 4.39 Å². The van der Waals surface area contributed by atoms with Crippen molar-refractivity contribution in [3.05, 3.63) is 35.6 Å². The van der Waals surface area contributed by atoms with Crippen molar-refractivity contribution in [2.24, 2.45) is 4.99 Å². The Bertz CT molecular complexity index is 686. The van der Waals surface area contributed by atoms with Crippen LogP contribution in [0.15, 0.2) is 29.3 Å². The van der Waals surface area contributed by atoms with Gasteiger partial charge in [0.2, 0.25) is 0 Å². The first kappa shape index (κ1) is 24.0. The summed E-state index contributed by atoms with van der Waals surface area (Å²) in [6, 6.07) is 7.00. The smallest absolute Gasteiger partial charge is 0.193 e. The molecule has 2 heterocycles. The summed E-state index contributed by atoms with van der Waals surface area (Å²) in [4.78, 5) is 7.38. The number of methoxy groups -OCH3 is 1. The topological polar surface area (TPSA) is 55.3 Å². The van der Waals surface area contributed by atoms with Gasteiger partial charge in [0, 0.05) is 58.6 Å². The Balaban J connectivity index is 1.64. The lowest BCUT2D eigenvalue weighted by atomic mass is 9.74. The number of nitrogens with one attached hydrogen (secondary N) is 1. The van der Waals surface area contributed by atoms with Crippen LogP contribution in [-0.2, 0) is 19.6 Å². The predicted octanol–water partition coefficient (Wildman–Crippen LogP) is 3.36. The number of halogens is 1. The Kier molecular flexibility index (Phi) is 9.55. The minimum absolute atomic E-state index is 0.177. The Labute approximate surface area is 186 Å². The highest BCUT2D eigenvalue weighted by molar-refractivity contribution is 5.80. The van der Waals surface area contributed by atoms with Crippen LogP contribution >= 0.6 is 0 Å². The van der Waals surface area contributed by atoms with Crippen LogP contribution in [-0.4, -0.2) is 76.7 Å². The van der Waals surface area contributed by atoms with Gasteiger partial charge in [0.15, 0.2) is 5.96 Å². The van der Waals surface area contributed by atoms with Crippen LogP contribution in [0.3, 0.4) is 0 Å². The van der Waals surface area contributed by atoms with Gasteiger partial charge in [0.25, 0.3) is 0 Å². The minimum Gasteiger partial charge on any atom is -0.385 e. The molecule has 0 spiro atoms. The maximum atomic E-state index is 14.0. The molecule has 1 aromatic carbocycles. The van der Waals surface area contributed by atoms with Crippen molar-refractivity contribution in [3.8, 4) is 0 Å². The molecule has 2 aliphatic rings. The summed E-state index contributed by atoms with van der Waals surface area (Å²) in [6.45, 7) is 8.28. The predicted molar refractivity (Wildman–Crippen MR) is 121 cm³/mol. The number of hydrogen-bond donors (Lipinski definition) is 1. The van der Waals surface area contributed by atoms with Crippen LogP contribution in [0.4, 0.5) is 4.39 Å². The molecule has 31 heavy (non-hydrogen) atoms. The summed E-state index contributed by atoms with van der Waals surface area (Å²) in [5, 5.41) is 3.46. The molecule has 0 atom stereocenters. The standard InChI is InChI=1S/C24H38FN3O3/c1-3-26-23(28-12-8-22(9-13-28)31-15-5-14-29-2)27-19-24(10-16-30-17-11-24)20-6-4-7-21(25)18-20/h4,6-7,18,22H,3,5,8-17,19H2,1-2H3,(H,26,27). The molecule has 0 unspecified atom stereocenters. The molecule has 2 aliphatic heterocycles. The Morgan fingerprint density at radius 2 is 2.03 bits per heavy atom. The van der Waals surface area contributed by atoms with Gasteiger partial charge in [0.05, 0.1) is 12.6 Å². The Morgan fingerprint density at radius 1 is 1.26 bits per heavy atom. The summed E-state index contributed by atoms with van der Waals surface area (Å²) < 4.78 is 30.7. The highest BCUT2D eigenvalue weighted by Gasteiger charge is 2.35. The van der Waals surface area contributed by atoms with E-state index in [0.717, 1.165) is 76.5 Å². The number of rotatable bonds is 9. The lowest BCUT2D eigenvalue weighted by molar-refractivity contribution is 0.00982. The number of ether oxygens (including phenoxy) is 3. The van der Waals surface area contributed by atoms with E-state index in [-0.39, 0.29) is 11.2 Å². The van der Waals surface area contributed by atoms with Crippen molar-refractivity contribution in [3.63, 3.8) is 0 Å². The van der Waals surface area contributed by atoms with E-state index >= 15 is 0 Å². The van der Waals surface area contributed by atoms with Gasteiger partial charge in [-0.3, -0.25) is 4.99 Å². The third-order valence-electron chi connectivity index (χ3n) is 6.34. The molecule has 2 saturated heterocycles. The number of aliphatic imine (C=N–C) groups is 1. The lowest BCUT2D eigenvalue weighted by Gasteiger charge is -2.38. The monoisotopic (exact) mass is 435 g/mol. The average Bonchev–Trinajstić information content (AvgIpc) is 2.81. The van der Waals surface area contributed by atoms with Crippen molar-refractivity contribution in [2.75, 3.05) is 59.7 Å². The molecule has 3 rings (SSSR count). The van der Waals surface area contributed by atoms with E-state index in [1.54, 1.807) is 19.2 Å². The average molecular weight is 436 g/mol. The fourth-order valence-corrected chi connectivity index (χ4v) is 4.46. The number of likely N-dealkylation sites (tertiary alicyclic amines) is 1. The van der Waals surface area contributed by atoms with Crippen molar-refractivity contribution in [2.45, 2.75) is 50.5 Å². The Morgan fingerprint density at radius 3 is 2.71 bits per heavy atom. The zero-order chi connectivity index (χ0) is 21.9. The van der Waals surface area contributed by atoms with E-state index in [1.807, 2.05) is 6.07 Å². The second-order valence-electron chi connectivity index (χ2n) is 8.48. The number of piperidine rings is 1. The van der Waals surface area contributed by atoms with E-state index < -0.39 is 0 Å². The van der Waals surface area contributed by atoms with E-state index in [1.165, 1.54) is 6.07 Å². The molecule has 2 fully saturated rings. The van der Waals surface area contributed by atoms with Crippen molar-refractivity contribution in [1.82, 2.24) is 10.2 Å². The van der Waals surface area contributed by atoms with Crippen LogP contribution in [0.1, 0.15) is 44.6 Å². The van der Waals surface area contributed by atoms with E-state index in [2.05, 4.69) is 17.1 Å². The fraction of sp³-hybridized carbons (Fsp3) is 0.708. The van der Waals surface area contributed by atoms with Gasteiger partial charge in [-0.05, 0) is 56.7 Å².